The highest BCUT2D eigenvalue weighted by atomic mass is 19.4. The van der Waals surface area contributed by atoms with E-state index in [9.17, 15) is 22.8 Å². The predicted molar refractivity (Wildman–Crippen MR) is 96.9 cm³/mol. The number of alkyl halides is 3. The maximum atomic E-state index is 12.6. The van der Waals surface area contributed by atoms with Crippen LogP contribution < -0.4 is 20.3 Å². The van der Waals surface area contributed by atoms with E-state index < -0.39 is 23.3 Å². The van der Waals surface area contributed by atoms with Crippen molar-refractivity contribution in [3.63, 3.8) is 0 Å². The fraction of sp³-hybridized carbons (Fsp3) is 0.368. The fourth-order valence-corrected chi connectivity index (χ4v) is 2.48. The number of carbonyl (C=O) groups excluding carboxylic acids is 1. The van der Waals surface area contributed by atoms with Gasteiger partial charge in [0.1, 0.15) is 11.3 Å². The van der Waals surface area contributed by atoms with Crippen LogP contribution in [0.25, 0.3) is 0 Å². The molecule has 152 valence electrons. The minimum Gasteiger partial charge on any atom is -0.490 e. The number of aromatic nitrogens is 1. The van der Waals surface area contributed by atoms with Gasteiger partial charge in [-0.15, -0.1) is 0 Å². The zero-order valence-electron chi connectivity index (χ0n) is 15.5. The van der Waals surface area contributed by atoms with Gasteiger partial charge >= 0.3 is 6.18 Å². The number of halogens is 3. The summed E-state index contributed by atoms with van der Waals surface area (Å²) >= 11 is 0. The minimum absolute atomic E-state index is 0.193. The van der Waals surface area contributed by atoms with Crippen LogP contribution in [0.4, 0.5) is 13.2 Å². The Morgan fingerprint density at radius 2 is 1.75 bits per heavy atom. The first-order valence-corrected chi connectivity index (χ1v) is 8.73. The first-order valence-electron chi connectivity index (χ1n) is 8.73. The predicted octanol–water partition coefficient (Wildman–Crippen LogP) is 3.16. The first-order chi connectivity index (χ1) is 13.3. The third-order valence-corrected chi connectivity index (χ3v) is 3.77. The molecule has 0 radical (unpaired) electrons. The molecule has 0 atom stereocenters. The van der Waals surface area contributed by atoms with Crippen LogP contribution in [-0.4, -0.2) is 30.6 Å². The van der Waals surface area contributed by atoms with Gasteiger partial charge in [-0.25, -0.2) is 0 Å². The summed E-state index contributed by atoms with van der Waals surface area (Å²) in [5.74, 6) is 0.465. The number of ether oxygens (including phenoxy) is 2. The number of amides is 1. The number of nitrogens with one attached hydrogen (secondary N) is 2. The fourth-order valence-electron chi connectivity index (χ4n) is 2.48. The number of pyridine rings is 1. The maximum absolute atomic E-state index is 12.6. The second-order valence-corrected chi connectivity index (χ2v) is 5.77. The Morgan fingerprint density at radius 3 is 2.36 bits per heavy atom. The molecule has 2 N–H and O–H groups in total. The smallest absolute Gasteiger partial charge is 0.431 e. The highest BCUT2D eigenvalue weighted by Crippen LogP contribution is 2.29. The summed E-state index contributed by atoms with van der Waals surface area (Å²) in [6.07, 6.45) is -4.24. The zero-order chi connectivity index (χ0) is 20.7. The maximum Gasteiger partial charge on any atom is 0.431 e. The number of hydrogen-bond donors (Lipinski definition) is 2. The molecule has 9 heteroatoms. The largest absolute Gasteiger partial charge is 0.490 e. The zero-order valence-corrected chi connectivity index (χ0v) is 15.5. The van der Waals surface area contributed by atoms with Crippen LogP contribution in [0.1, 0.15) is 35.5 Å². The summed E-state index contributed by atoms with van der Waals surface area (Å²) in [7, 11) is 0. The molecule has 28 heavy (non-hydrogen) atoms. The standard InChI is InChI=1S/C19H21F3N2O4/c1-3-27-14-7-5-12(11-15(14)28-4-2)9-10-23-17(25)13-6-8-16(19(20,21)22)24-18(13)26/h5-8,11H,3-4,9-10H2,1-2H3,(H,23,25)(H,24,26). The third-order valence-electron chi connectivity index (χ3n) is 3.77. The van der Waals surface area contributed by atoms with Gasteiger partial charge in [-0.2, -0.15) is 13.2 Å². The molecule has 1 amide bonds. The molecular formula is C19H21F3N2O4. The molecule has 1 heterocycles. The highest BCUT2D eigenvalue weighted by molar-refractivity contribution is 5.93. The van der Waals surface area contributed by atoms with E-state index in [2.05, 4.69) is 5.32 Å². The van der Waals surface area contributed by atoms with Crippen LogP contribution in [0, 0.1) is 0 Å². The lowest BCUT2D eigenvalue weighted by Gasteiger charge is -2.12. The summed E-state index contributed by atoms with van der Waals surface area (Å²) in [6, 6.07) is 6.92. The molecule has 2 rings (SSSR count). The molecule has 0 saturated heterocycles. The van der Waals surface area contributed by atoms with Crippen LogP contribution in [0.3, 0.4) is 0 Å². The number of hydrogen-bond acceptors (Lipinski definition) is 4. The van der Waals surface area contributed by atoms with Crippen molar-refractivity contribution < 1.29 is 27.4 Å². The van der Waals surface area contributed by atoms with Gasteiger partial charge in [0.05, 0.1) is 13.2 Å². The van der Waals surface area contributed by atoms with Crippen molar-refractivity contribution in [2.24, 2.45) is 0 Å². The first kappa shape index (κ1) is 21.3. The number of carbonyl (C=O) groups is 1. The molecule has 0 spiro atoms. The van der Waals surface area contributed by atoms with Gasteiger partial charge in [-0.1, -0.05) is 6.07 Å². The van der Waals surface area contributed by atoms with Gasteiger partial charge in [0.2, 0.25) is 0 Å². The van der Waals surface area contributed by atoms with Gasteiger partial charge in [0.25, 0.3) is 11.5 Å². The second kappa shape index (κ2) is 9.29. The molecule has 0 aliphatic heterocycles. The monoisotopic (exact) mass is 398 g/mol. The molecule has 0 aliphatic carbocycles. The van der Waals surface area contributed by atoms with E-state index in [0.717, 1.165) is 11.6 Å². The summed E-state index contributed by atoms with van der Waals surface area (Å²) in [6.45, 7) is 4.87. The molecule has 1 aromatic carbocycles. The lowest BCUT2D eigenvalue weighted by Crippen LogP contribution is -2.32. The Labute approximate surface area is 159 Å². The quantitative estimate of drug-likeness (QED) is 0.716. The van der Waals surface area contributed by atoms with E-state index >= 15 is 0 Å². The molecule has 0 bridgehead atoms. The van der Waals surface area contributed by atoms with Crippen LogP contribution in [0.15, 0.2) is 35.1 Å². The van der Waals surface area contributed by atoms with Crippen molar-refractivity contribution in [1.82, 2.24) is 10.3 Å². The molecule has 0 unspecified atom stereocenters. The van der Waals surface area contributed by atoms with Gasteiger partial charge < -0.3 is 19.8 Å². The van der Waals surface area contributed by atoms with Crippen LogP contribution in [0.2, 0.25) is 0 Å². The van der Waals surface area contributed by atoms with Crippen molar-refractivity contribution in [2.75, 3.05) is 19.8 Å². The summed E-state index contributed by atoms with van der Waals surface area (Å²) < 4.78 is 48.7. The van der Waals surface area contributed by atoms with Crippen LogP contribution in [-0.2, 0) is 12.6 Å². The van der Waals surface area contributed by atoms with Crippen molar-refractivity contribution >= 4 is 5.91 Å². The number of benzene rings is 1. The van der Waals surface area contributed by atoms with Crippen molar-refractivity contribution in [3.05, 3.63) is 57.5 Å². The van der Waals surface area contributed by atoms with Crippen LogP contribution in [0.5, 0.6) is 11.5 Å². The van der Waals surface area contributed by atoms with E-state index in [1.165, 1.54) is 0 Å². The summed E-state index contributed by atoms with van der Waals surface area (Å²) in [5.41, 5.74) is -1.80. The average molecular weight is 398 g/mol. The summed E-state index contributed by atoms with van der Waals surface area (Å²) in [5, 5.41) is 2.53. The second-order valence-electron chi connectivity index (χ2n) is 5.77. The molecule has 6 nitrogen and oxygen atoms in total. The van der Waals surface area contributed by atoms with Gasteiger partial charge in [0.15, 0.2) is 11.5 Å². The Hall–Kier alpha value is -2.97. The Morgan fingerprint density at radius 1 is 1.07 bits per heavy atom. The van der Waals surface area contributed by atoms with Crippen molar-refractivity contribution in [1.29, 1.82) is 0 Å². The highest BCUT2D eigenvalue weighted by Gasteiger charge is 2.32. The molecule has 1 aromatic heterocycles. The van der Waals surface area contributed by atoms with Crippen molar-refractivity contribution in [2.45, 2.75) is 26.4 Å². The topological polar surface area (TPSA) is 80.4 Å². The van der Waals surface area contributed by atoms with Gasteiger partial charge in [-0.05, 0) is 50.1 Å². The molecule has 0 aliphatic rings. The SMILES string of the molecule is CCOc1ccc(CCNC(=O)c2ccc(C(F)(F)F)[nH]c2=O)cc1OCC. The van der Waals surface area contributed by atoms with Gasteiger partial charge in [-0.3, -0.25) is 9.59 Å². The molecule has 0 fully saturated rings. The Kier molecular flexibility index (Phi) is 7.08. The number of rotatable bonds is 8. The molecule has 0 saturated carbocycles. The normalized spacial score (nSPS) is 11.2. The molecule has 2 aromatic rings. The van der Waals surface area contributed by atoms with E-state index in [1.807, 2.05) is 19.9 Å². The number of aromatic amines is 1. The average Bonchev–Trinajstić information content (AvgIpc) is 2.63. The third kappa shape index (κ3) is 5.51. The Bertz CT molecular complexity index is 878. The Balaban J connectivity index is 2.00. The van der Waals surface area contributed by atoms with Crippen molar-refractivity contribution in [3.8, 4) is 11.5 Å². The lowest BCUT2D eigenvalue weighted by atomic mass is 10.1. The molecular weight excluding hydrogens is 377 g/mol. The van der Waals surface area contributed by atoms with Crippen LogP contribution >= 0.6 is 0 Å². The number of H-pyrrole nitrogens is 1. The minimum atomic E-state index is -4.68. The summed E-state index contributed by atoms with van der Waals surface area (Å²) in [4.78, 5) is 25.5. The van der Waals surface area contributed by atoms with E-state index in [-0.39, 0.29) is 12.1 Å². The lowest BCUT2D eigenvalue weighted by molar-refractivity contribution is -0.141. The van der Waals surface area contributed by atoms with E-state index in [4.69, 9.17) is 9.47 Å². The van der Waals surface area contributed by atoms with Gasteiger partial charge in [0, 0.05) is 6.54 Å². The van der Waals surface area contributed by atoms with E-state index in [1.54, 1.807) is 17.1 Å². The van der Waals surface area contributed by atoms with E-state index in [0.29, 0.717) is 37.2 Å².